The quantitative estimate of drug-likeness (QED) is 0.772. The molecule has 118 valence electrons. The molecule has 0 saturated heterocycles. The predicted molar refractivity (Wildman–Crippen MR) is 91.7 cm³/mol. The van der Waals surface area contributed by atoms with Crippen LogP contribution in [0.5, 0.6) is 0 Å². The molecule has 21 heavy (non-hydrogen) atoms. The molecular formula is C19H32N2. The molecule has 1 saturated carbocycles. The maximum absolute atomic E-state index is 3.62. The summed E-state index contributed by atoms with van der Waals surface area (Å²) >= 11 is 0. The third-order valence-electron chi connectivity index (χ3n) is 5.16. The Bertz CT molecular complexity index is 431. The van der Waals surface area contributed by atoms with Crippen LogP contribution in [0.3, 0.4) is 0 Å². The minimum Gasteiger partial charge on any atom is -0.313 e. The first-order chi connectivity index (χ1) is 9.92. The Morgan fingerprint density at radius 1 is 1.24 bits per heavy atom. The van der Waals surface area contributed by atoms with Gasteiger partial charge in [-0.3, -0.25) is 4.90 Å². The standard InChI is InChI=1S/C19H32N2/c1-6-19(3,4)21(5)14-16-7-9-17(10-8-16)15(2)13-20-18-11-12-18/h7-10,15,18,20H,6,11-14H2,1-5H3. The van der Waals surface area contributed by atoms with Gasteiger partial charge in [0.25, 0.3) is 0 Å². The van der Waals surface area contributed by atoms with E-state index in [0.29, 0.717) is 5.92 Å². The van der Waals surface area contributed by atoms with Crippen molar-refractivity contribution < 1.29 is 0 Å². The van der Waals surface area contributed by atoms with Gasteiger partial charge in [-0.25, -0.2) is 0 Å². The lowest BCUT2D eigenvalue weighted by Gasteiger charge is -2.35. The van der Waals surface area contributed by atoms with Crippen molar-refractivity contribution in [1.82, 2.24) is 10.2 Å². The third kappa shape index (κ3) is 4.82. The second-order valence-corrected chi connectivity index (χ2v) is 7.35. The van der Waals surface area contributed by atoms with Crippen molar-refractivity contribution in [2.24, 2.45) is 0 Å². The van der Waals surface area contributed by atoms with Crippen molar-refractivity contribution in [3.8, 4) is 0 Å². The van der Waals surface area contributed by atoms with E-state index in [0.717, 1.165) is 19.1 Å². The van der Waals surface area contributed by atoms with Crippen LogP contribution in [0.2, 0.25) is 0 Å². The average molecular weight is 288 g/mol. The molecule has 1 aromatic carbocycles. The zero-order valence-electron chi connectivity index (χ0n) is 14.4. The number of hydrogen-bond acceptors (Lipinski definition) is 2. The summed E-state index contributed by atoms with van der Waals surface area (Å²) < 4.78 is 0. The first-order valence-electron chi connectivity index (χ1n) is 8.46. The van der Waals surface area contributed by atoms with E-state index in [2.05, 4.69) is 69.2 Å². The van der Waals surface area contributed by atoms with E-state index in [-0.39, 0.29) is 5.54 Å². The van der Waals surface area contributed by atoms with Gasteiger partial charge < -0.3 is 5.32 Å². The van der Waals surface area contributed by atoms with Gasteiger partial charge in [0, 0.05) is 24.7 Å². The van der Waals surface area contributed by atoms with Crippen LogP contribution in [0.15, 0.2) is 24.3 Å². The Morgan fingerprint density at radius 2 is 1.86 bits per heavy atom. The van der Waals surface area contributed by atoms with Gasteiger partial charge in [-0.15, -0.1) is 0 Å². The Hall–Kier alpha value is -0.860. The molecule has 0 heterocycles. The van der Waals surface area contributed by atoms with Gasteiger partial charge in [0.05, 0.1) is 0 Å². The molecule has 0 spiro atoms. The normalized spacial score (nSPS) is 17.2. The average Bonchev–Trinajstić information content (AvgIpc) is 3.29. The molecule has 0 aromatic heterocycles. The lowest BCUT2D eigenvalue weighted by Crippen LogP contribution is -2.39. The van der Waals surface area contributed by atoms with Gasteiger partial charge in [0.2, 0.25) is 0 Å². The van der Waals surface area contributed by atoms with Gasteiger partial charge in [-0.2, -0.15) is 0 Å². The molecule has 1 atom stereocenters. The Labute approximate surface area is 130 Å². The molecule has 1 aliphatic carbocycles. The molecule has 1 aromatic rings. The minimum atomic E-state index is 0.264. The molecule has 0 radical (unpaired) electrons. The first-order valence-corrected chi connectivity index (χ1v) is 8.46. The van der Waals surface area contributed by atoms with Gasteiger partial charge >= 0.3 is 0 Å². The van der Waals surface area contributed by atoms with E-state index < -0.39 is 0 Å². The van der Waals surface area contributed by atoms with Crippen LogP contribution in [0.25, 0.3) is 0 Å². The summed E-state index contributed by atoms with van der Waals surface area (Å²) in [5.74, 6) is 0.601. The SMILES string of the molecule is CCC(C)(C)N(C)Cc1ccc(C(C)CNC2CC2)cc1. The molecular weight excluding hydrogens is 256 g/mol. The van der Waals surface area contributed by atoms with Crippen molar-refractivity contribution in [2.75, 3.05) is 13.6 Å². The van der Waals surface area contributed by atoms with Crippen LogP contribution in [-0.2, 0) is 6.54 Å². The van der Waals surface area contributed by atoms with E-state index in [1.807, 2.05) is 0 Å². The molecule has 2 rings (SSSR count). The van der Waals surface area contributed by atoms with Crippen molar-refractivity contribution in [3.05, 3.63) is 35.4 Å². The molecule has 2 heteroatoms. The largest absolute Gasteiger partial charge is 0.313 e. The maximum Gasteiger partial charge on any atom is 0.0235 e. The molecule has 0 bridgehead atoms. The molecule has 1 aliphatic rings. The molecule has 0 aliphatic heterocycles. The lowest BCUT2D eigenvalue weighted by atomic mass is 9.97. The van der Waals surface area contributed by atoms with Gasteiger partial charge in [0.15, 0.2) is 0 Å². The first kappa shape index (κ1) is 16.5. The highest BCUT2D eigenvalue weighted by Crippen LogP contribution is 2.23. The van der Waals surface area contributed by atoms with E-state index >= 15 is 0 Å². The van der Waals surface area contributed by atoms with Crippen molar-refractivity contribution >= 4 is 0 Å². The monoisotopic (exact) mass is 288 g/mol. The lowest BCUT2D eigenvalue weighted by molar-refractivity contribution is 0.143. The van der Waals surface area contributed by atoms with Gasteiger partial charge in [0.1, 0.15) is 0 Å². The summed E-state index contributed by atoms with van der Waals surface area (Å²) in [6.07, 6.45) is 3.90. The summed E-state index contributed by atoms with van der Waals surface area (Å²) in [4.78, 5) is 2.44. The summed E-state index contributed by atoms with van der Waals surface area (Å²) in [6.45, 7) is 11.3. The van der Waals surface area contributed by atoms with Crippen molar-refractivity contribution in [3.63, 3.8) is 0 Å². The summed E-state index contributed by atoms with van der Waals surface area (Å²) in [5.41, 5.74) is 3.12. The topological polar surface area (TPSA) is 15.3 Å². The Kier molecular flexibility index (Phi) is 5.45. The highest BCUT2D eigenvalue weighted by Gasteiger charge is 2.22. The molecule has 1 fully saturated rings. The van der Waals surface area contributed by atoms with Crippen LogP contribution in [0.4, 0.5) is 0 Å². The van der Waals surface area contributed by atoms with Crippen LogP contribution in [-0.4, -0.2) is 30.1 Å². The minimum absolute atomic E-state index is 0.264. The summed E-state index contributed by atoms with van der Waals surface area (Å²) in [7, 11) is 2.22. The van der Waals surface area contributed by atoms with Crippen molar-refractivity contribution in [1.29, 1.82) is 0 Å². The molecule has 0 amide bonds. The fraction of sp³-hybridized carbons (Fsp3) is 0.684. The zero-order valence-corrected chi connectivity index (χ0v) is 14.4. The Morgan fingerprint density at radius 3 is 2.38 bits per heavy atom. The highest BCUT2D eigenvalue weighted by molar-refractivity contribution is 5.25. The predicted octanol–water partition coefficient (Wildman–Crippen LogP) is 4.16. The number of nitrogens with zero attached hydrogens (tertiary/aromatic N) is 1. The zero-order chi connectivity index (χ0) is 15.5. The fourth-order valence-corrected chi connectivity index (χ4v) is 2.46. The smallest absolute Gasteiger partial charge is 0.0235 e. The van der Waals surface area contributed by atoms with E-state index in [4.69, 9.17) is 0 Å². The molecule has 1 unspecified atom stereocenters. The van der Waals surface area contributed by atoms with Gasteiger partial charge in [-0.1, -0.05) is 38.1 Å². The van der Waals surface area contributed by atoms with Gasteiger partial charge in [-0.05, 0) is 57.2 Å². The number of nitrogens with one attached hydrogen (secondary N) is 1. The summed E-state index contributed by atoms with van der Waals surface area (Å²) in [5, 5.41) is 3.62. The number of benzene rings is 1. The number of hydrogen-bond donors (Lipinski definition) is 1. The van der Waals surface area contributed by atoms with E-state index in [1.165, 1.54) is 30.4 Å². The van der Waals surface area contributed by atoms with Crippen LogP contribution < -0.4 is 5.32 Å². The van der Waals surface area contributed by atoms with E-state index in [9.17, 15) is 0 Å². The van der Waals surface area contributed by atoms with Crippen LogP contribution in [0, 0.1) is 0 Å². The second kappa shape index (κ2) is 6.93. The number of rotatable bonds is 8. The Balaban J connectivity index is 1.88. The van der Waals surface area contributed by atoms with E-state index in [1.54, 1.807) is 0 Å². The van der Waals surface area contributed by atoms with Crippen molar-refractivity contribution in [2.45, 2.75) is 71.0 Å². The third-order valence-corrected chi connectivity index (χ3v) is 5.16. The molecule has 1 N–H and O–H groups in total. The fourth-order valence-electron chi connectivity index (χ4n) is 2.46. The van der Waals surface area contributed by atoms with Crippen LogP contribution in [0.1, 0.15) is 64.0 Å². The maximum atomic E-state index is 3.62. The second-order valence-electron chi connectivity index (χ2n) is 7.35. The van der Waals surface area contributed by atoms with Crippen LogP contribution >= 0.6 is 0 Å². The highest BCUT2D eigenvalue weighted by atomic mass is 15.2. The summed E-state index contributed by atoms with van der Waals surface area (Å²) in [6, 6.07) is 10.0. The molecule has 2 nitrogen and oxygen atoms in total.